The van der Waals surface area contributed by atoms with Crippen LogP contribution in [0.2, 0.25) is 5.02 Å². The molecular weight excluding hydrogens is 500 g/mol. The van der Waals surface area contributed by atoms with Crippen LogP contribution in [-0.4, -0.2) is 78.5 Å². The fourth-order valence-electron chi connectivity index (χ4n) is 4.06. The zero-order valence-electron chi connectivity index (χ0n) is 20.8. The van der Waals surface area contributed by atoms with Gasteiger partial charge in [0.15, 0.2) is 11.6 Å². The van der Waals surface area contributed by atoms with Crippen LogP contribution in [0.5, 0.6) is 0 Å². The van der Waals surface area contributed by atoms with E-state index in [1.165, 1.54) is 26.4 Å². The topological polar surface area (TPSA) is 140 Å². The van der Waals surface area contributed by atoms with Crippen molar-refractivity contribution in [2.45, 2.75) is 62.7 Å². The predicted molar refractivity (Wildman–Crippen MR) is 129 cm³/mol. The number of ether oxygens (including phenoxy) is 4. The van der Waals surface area contributed by atoms with Gasteiger partial charge in [0.2, 0.25) is 16.0 Å². The molecule has 0 radical (unpaired) electrons. The van der Waals surface area contributed by atoms with E-state index >= 15 is 0 Å². The Bertz CT molecular complexity index is 1070. The van der Waals surface area contributed by atoms with Gasteiger partial charge in [0, 0.05) is 33.7 Å². The highest BCUT2D eigenvalue weighted by atomic mass is 35.5. The molecule has 2 unspecified atom stereocenters. The number of hydrogen-bond donors (Lipinski definition) is 1. The number of nitrogens with zero attached hydrogens (tertiary/aromatic N) is 5. The van der Waals surface area contributed by atoms with Gasteiger partial charge in [-0.15, -0.1) is 10.2 Å². The molecule has 3 atom stereocenters. The molecule has 196 valence electrons. The van der Waals surface area contributed by atoms with E-state index in [2.05, 4.69) is 24.9 Å². The molecule has 0 saturated carbocycles. The van der Waals surface area contributed by atoms with E-state index in [0.717, 1.165) is 12.8 Å². The van der Waals surface area contributed by atoms with E-state index in [1.54, 1.807) is 18.8 Å². The van der Waals surface area contributed by atoms with Crippen LogP contribution in [0.4, 0.5) is 5.95 Å². The van der Waals surface area contributed by atoms with E-state index in [1.807, 2.05) is 13.8 Å². The summed E-state index contributed by atoms with van der Waals surface area (Å²) in [6, 6.07) is -0.395. The van der Waals surface area contributed by atoms with Crippen LogP contribution in [0, 0.1) is 0 Å². The van der Waals surface area contributed by atoms with Crippen molar-refractivity contribution in [2.75, 3.05) is 39.3 Å². The number of anilines is 1. The lowest BCUT2D eigenvalue weighted by atomic mass is 10.1. The van der Waals surface area contributed by atoms with Gasteiger partial charge >= 0.3 is 0 Å². The summed E-state index contributed by atoms with van der Waals surface area (Å²) in [6.07, 6.45) is 3.02. The molecule has 14 heteroatoms. The summed E-state index contributed by atoms with van der Waals surface area (Å²) >= 11 is 5.86. The third-order valence-electron chi connectivity index (χ3n) is 5.86. The van der Waals surface area contributed by atoms with Crippen molar-refractivity contribution < 1.29 is 27.4 Å². The second kappa shape index (κ2) is 11.4. The van der Waals surface area contributed by atoms with Crippen molar-refractivity contribution in [2.24, 2.45) is 0 Å². The number of halogens is 1. The summed E-state index contributed by atoms with van der Waals surface area (Å²) < 4.78 is 53.4. The molecule has 12 nitrogen and oxygen atoms in total. The van der Waals surface area contributed by atoms with Gasteiger partial charge in [-0.2, -0.15) is 0 Å². The Morgan fingerprint density at radius 3 is 2.34 bits per heavy atom. The molecule has 0 amide bonds. The fraction of sp³-hybridized carbons (Fsp3) is 0.714. The van der Waals surface area contributed by atoms with Crippen molar-refractivity contribution in [3.8, 4) is 0 Å². The molecule has 1 fully saturated rings. The highest BCUT2D eigenvalue weighted by Gasteiger charge is 2.39. The summed E-state index contributed by atoms with van der Waals surface area (Å²) in [4.78, 5) is 8.22. The molecule has 0 aliphatic carbocycles. The highest BCUT2D eigenvalue weighted by molar-refractivity contribution is 7.93. The summed E-state index contributed by atoms with van der Waals surface area (Å²) in [5.41, 5.74) is -0.322. The Hall–Kier alpha value is -1.90. The highest BCUT2D eigenvalue weighted by Crippen LogP contribution is 2.40. The number of rotatable bonds is 12. The second-order valence-corrected chi connectivity index (χ2v) is 11.5. The average Bonchev–Trinajstić information content (AvgIpc) is 3.37. The SMILES string of the molecule is COCC(COC)n1c(NS(=O)(=O)C(C)C(OC)c2ncc(Cl)cn2)nnc1[C@H]1CCC(C)(C)O1. The van der Waals surface area contributed by atoms with Gasteiger partial charge in [0.1, 0.15) is 17.5 Å². The van der Waals surface area contributed by atoms with E-state index in [4.69, 9.17) is 30.5 Å². The molecule has 2 aromatic heterocycles. The maximum Gasteiger partial charge on any atom is 0.240 e. The average molecular weight is 533 g/mol. The largest absolute Gasteiger partial charge is 0.382 e. The molecule has 3 heterocycles. The normalized spacial score (nSPS) is 19.7. The first-order valence-corrected chi connectivity index (χ1v) is 13.1. The number of methoxy groups -OCH3 is 3. The van der Waals surface area contributed by atoms with Crippen molar-refractivity contribution in [1.82, 2.24) is 24.7 Å². The van der Waals surface area contributed by atoms with E-state index in [0.29, 0.717) is 10.8 Å². The molecule has 1 aliphatic rings. The van der Waals surface area contributed by atoms with Crippen LogP contribution >= 0.6 is 11.6 Å². The van der Waals surface area contributed by atoms with Crippen LogP contribution < -0.4 is 4.72 Å². The summed E-state index contributed by atoms with van der Waals surface area (Å²) in [6.45, 7) is 6.01. The van der Waals surface area contributed by atoms with E-state index < -0.39 is 27.4 Å². The molecule has 1 aliphatic heterocycles. The lowest BCUT2D eigenvalue weighted by Crippen LogP contribution is -2.34. The zero-order chi connectivity index (χ0) is 25.8. The third-order valence-corrected chi connectivity index (χ3v) is 7.75. The minimum atomic E-state index is -4.04. The first kappa shape index (κ1) is 27.7. The quantitative estimate of drug-likeness (QED) is 0.433. The molecule has 2 aromatic rings. The maximum atomic E-state index is 13.4. The molecule has 0 spiro atoms. The van der Waals surface area contributed by atoms with Gasteiger partial charge in [-0.3, -0.25) is 9.29 Å². The zero-order valence-corrected chi connectivity index (χ0v) is 22.3. The van der Waals surface area contributed by atoms with Crippen LogP contribution in [0.15, 0.2) is 12.4 Å². The van der Waals surface area contributed by atoms with Crippen molar-refractivity contribution in [3.05, 3.63) is 29.1 Å². The Morgan fingerprint density at radius 2 is 1.83 bits per heavy atom. The third kappa shape index (κ3) is 6.46. The Kier molecular flexibility index (Phi) is 9.05. The monoisotopic (exact) mass is 532 g/mol. The summed E-state index contributed by atoms with van der Waals surface area (Å²) in [5.74, 6) is 0.727. The molecule has 0 aromatic carbocycles. The fourth-order valence-corrected chi connectivity index (χ4v) is 5.29. The molecule has 35 heavy (non-hydrogen) atoms. The van der Waals surface area contributed by atoms with Gasteiger partial charge in [0.05, 0.1) is 29.9 Å². The van der Waals surface area contributed by atoms with Crippen molar-refractivity contribution in [3.63, 3.8) is 0 Å². The minimum Gasteiger partial charge on any atom is -0.382 e. The number of aromatic nitrogens is 5. The van der Waals surface area contributed by atoms with Crippen LogP contribution in [0.1, 0.15) is 63.5 Å². The van der Waals surface area contributed by atoms with E-state index in [-0.39, 0.29) is 36.7 Å². The van der Waals surface area contributed by atoms with E-state index in [9.17, 15) is 8.42 Å². The van der Waals surface area contributed by atoms with Crippen LogP contribution in [-0.2, 0) is 29.0 Å². The van der Waals surface area contributed by atoms with Crippen molar-refractivity contribution in [1.29, 1.82) is 0 Å². The molecular formula is C21H33ClN6O6S. The first-order chi connectivity index (χ1) is 16.5. The Labute approximate surface area is 210 Å². The number of sulfonamides is 1. The lowest BCUT2D eigenvalue weighted by Gasteiger charge is -2.25. The molecule has 1 N–H and O–H groups in total. The van der Waals surface area contributed by atoms with Gasteiger partial charge in [-0.05, 0) is 33.6 Å². The Morgan fingerprint density at radius 1 is 1.20 bits per heavy atom. The Balaban J connectivity index is 1.96. The van der Waals surface area contributed by atoms with Gasteiger partial charge in [-0.25, -0.2) is 18.4 Å². The molecule has 3 rings (SSSR count). The van der Waals surface area contributed by atoms with Gasteiger partial charge < -0.3 is 18.9 Å². The van der Waals surface area contributed by atoms with Crippen molar-refractivity contribution >= 4 is 27.6 Å². The second-order valence-electron chi connectivity index (χ2n) is 8.99. The summed E-state index contributed by atoms with van der Waals surface area (Å²) in [7, 11) is 0.472. The van der Waals surface area contributed by atoms with Crippen LogP contribution in [0.3, 0.4) is 0 Å². The maximum absolute atomic E-state index is 13.4. The smallest absolute Gasteiger partial charge is 0.240 e. The van der Waals surface area contributed by atoms with Gasteiger partial charge in [0.25, 0.3) is 0 Å². The lowest BCUT2D eigenvalue weighted by molar-refractivity contribution is -0.0234. The number of nitrogens with one attached hydrogen (secondary N) is 1. The number of hydrogen-bond acceptors (Lipinski definition) is 10. The predicted octanol–water partition coefficient (Wildman–Crippen LogP) is 2.70. The molecule has 0 bridgehead atoms. The minimum absolute atomic E-state index is 0.0335. The molecule has 1 saturated heterocycles. The van der Waals surface area contributed by atoms with Gasteiger partial charge in [-0.1, -0.05) is 11.6 Å². The first-order valence-electron chi connectivity index (χ1n) is 11.1. The van der Waals surface area contributed by atoms with Crippen LogP contribution in [0.25, 0.3) is 0 Å². The summed E-state index contributed by atoms with van der Waals surface area (Å²) in [5, 5.41) is 7.73. The standard InChI is InChI=1S/C21H33ClN6O6S/c1-13(17(33-6)18-23-9-14(22)10-24-18)35(29,30)27-20-26-25-19(16-7-8-21(2,3)34-16)28(20)15(11-31-4)12-32-5/h9-10,13,15-17H,7-8,11-12H2,1-6H3,(H,26,27)/t13?,16-,17?/m1/s1.